The van der Waals surface area contributed by atoms with E-state index in [0.29, 0.717) is 34.7 Å². The van der Waals surface area contributed by atoms with Crippen molar-refractivity contribution in [2.75, 3.05) is 13.1 Å². The molecule has 128 valence electrons. The minimum absolute atomic E-state index is 0.0555. The number of carbonyl (C=O) groups is 1. The number of nitrogens with one attached hydrogen (secondary N) is 1. The van der Waals surface area contributed by atoms with Crippen molar-refractivity contribution < 1.29 is 4.79 Å². The minimum atomic E-state index is 0.0555. The molecule has 1 aromatic heterocycles. The molecule has 0 aliphatic carbocycles. The molecule has 4 rings (SSSR count). The fraction of sp³-hybridized carbons (Fsp3) is 0.250. The lowest BCUT2D eigenvalue weighted by atomic mass is 9.89. The average Bonchev–Trinajstić information content (AvgIpc) is 3.06. The van der Waals surface area contributed by atoms with Crippen molar-refractivity contribution >= 4 is 40.0 Å². The van der Waals surface area contributed by atoms with E-state index in [1.54, 1.807) is 0 Å². The summed E-state index contributed by atoms with van der Waals surface area (Å²) in [4.78, 5) is 17.9. The van der Waals surface area contributed by atoms with Crippen molar-refractivity contribution in [1.29, 1.82) is 0 Å². The Kier molecular flexibility index (Phi) is 4.45. The van der Waals surface area contributed by atoms with Gasteiger partial charge in [0.25, 0.3) is 5.91 Å². The zero-order valence-electron chi connectivity index (χ0n) is 13.6. The molecule has 3 aromatic rings. The number of fused-ring (bicyclic) bond motifs is 1. The van der Waals surface area contributed by atoms with Gasteiger partial charge in [0.1, 0.15) is 5.69 Å². The van der Waals surface area contributed by atoms with E-state index in [1.165, 1.54) is 0 Å². The first-order valence-electron chi connectivity index (χ1n) is 8.44. The van der Waals surface area contributed by atoms with Gasteiger partial charge in [0, 0.05) is 34.0 Å². The van der Waals surface area contributed by atoms with Crippen LogP contribution in [0.3, 0.4) is 0 Å². The molecule has 0 saturated carbocycles. The highest BCUT2D eigenvalue weighted by molar-refractivity contribution is 6.36. The minimum Gasteiger partial charge on any atom is -0.351 e. The third-order valence-corrected chi connectivity index (χ3v) is 5.61. The van der Waals surface area contributed by atoms with Crippen LogP contribution in [0.25, 0.3) is 10.9 Å². The lowest BCUT2D eigenvalue weighted by Gasteiger charge is -2.32. The van der Waals surface area contributed by atoms with Gasteiger partial charge < -0.3 is 9.88 Å². The molecule has 1 aliphatic heterocycles. The molecule has 2 heterocycles. The second-order valence-corrected chi connectivity index (χ2v) is 7.29. The van der Waals surface area contributed by atoms with Gasteiger partial charge in [-0.25, -0.2) is 0 Å². The third-order valence-electron chi connectivity index (χ3n) is 4.95. The molecule has 1 N–H and O–H groups in total. The van der Waals surface area contributed by atoms with Crippen LogP contribution in [0.1, 0.15) is 34.8 Å². The summed E-state index contributed by atoms with van der Waals surface area (Å²) in [6.45, 7) is 1.42. The van der Waals surface area contributed by atoms with Crippen molar-refractivity contribution in [2.45, 2.75) is 18.8 Å². The van der Waals surface area contributed by atoms with Crippen LogP contribution in [-0.4, -0.2) is 28.9 Å². The molecule has 1 aliphatic rings. The summed E-state index contributed by atoms with van der Waals surface area (Å²) in [6, 6.07) is 15.5. The van der Waals surface area contributed by atoms with Gasteiger partial charge in [-0.3, -0.25) is 4.79 Å². The smallest absolute Gasteiger partial charge is 0.270 e. The molecule has 25 heavy (non-hydrogen) atoms. The van der Waals surface area contributed by atoms with Crippen LogP contribution in [0.15, 0.2) is 48.5 Å². The number of likely N-dealkylation sites (tertiary alicyclic amines) is 1. The fourth-order valence-corrected chi connectivity index (χ4v) is 4.34. The average molecular weight is 373 g/mol. The molecule has 1 amide bonds. The maximum absolute atomic E-state index is 12.8. The number of benzene rings is 2. The first-order valence-corrected chi connectivity index (χ1v) is 9.20. The van der Waals surface area contributed by atoms with E-state index >= 15 is 0 Å². The van der Waals surface area contributed by atoms with Crippen LogP contribution in [-0.2, 0) is 0 Å². The molecule has 0 radical (unpaired) electrons. The summed E-state index contributed by atoms with van der Waals surface area (Å²) in [5, 5.41) is 2.49. The summed E-state index contributed by atoms with van der Waals surface area (Å²) in [5.41, 5.74) is 2.66. The normalized spacial score (nSPS) is 15.7. The van der Waals surface area contributed by atoms with Gasteiger partial charge in [0.15, 0.2) is 0 Å². The lowest BCUT2D eigenvalue weighted by molar-refractivity contribution is 0.0708. The number of H-pyrrole nitrogens is 1. The Morgan fingerprint density at radius 1 is 1.00 bits per heavy atom. The SMILES string of the molecule is O=C(c1cc2ccccc2[nH]1)N1CCC(c2c(Cl)cccc2Cl)CC1. The summed E-state index contributed by atoms with van der Waals surface area (Å²) >= 11 is 12.7. The maximum atomic E-state index is 12.8. The first kappa shape index (κ1) is 16.5. The first-order chi connectivity index (χ1) is 12.1. The number of hydrogen-bond acceptors (Lipinski definition) is 1. The Bertz CT molecular complexity index is 873. The molecule has 5 heteroatoms. The number of aromatic amines is 1. The van der Waals surface area contributed by atoms with Crippen molar-refractivity contribution in [3.8, 4) is 0 Å². The van der Waals surface area contributed by atoms with E-state index in [9.17, 15) is 4.79 Å². The second kappa shape index (κ2) is 6.74. The van der Waals surface area contributed by atoms with Crippen LogP contribution >= 0.6 is 23.2 Å². The number of para-hydroxylation sites is 1. The van der Waals surface area contributed by atoms with Gasteiger partial charge in [-0.15, -0.1) is 0 Å². The zero-order valence-corrected chi connectivity index (χ0v) is 15.1. The van der Waals surface area contributed by atoms with Gasteiger partial charge in [-0.2, -0.15) is 0 Å². The summed E-state index contributed by atoms with van der Waals surface area (Å²) in [7, 11) is 0. The number of piperidine rings is 1. The molecule has 0 bridgehead atoms. The number of rotatable bonds is 2. The monoisotopic (exact) mass is 372 g/mol. The van der Waals surface area contributed by atoms with Crippen LogP contribution in [0.4, 0.5) is 0 Å². The number of aromatic nitrogens is 1. The number of hydrogen-bond donors (Lipinski definition) is 1. The van der Waals surface area contributed by atoms with Crippen LogP contribution < -0.4 is 0 Å². The largest absolute Gasteiger partial charge is 0.351 e. The van der Waals surface area contributed by atoms with E-state index in [-0.39, 0.29) is 5.91 Å². The van der Waals surface area contributed by atoms with E-state index in [4.69, 9.17) is 23.2 Å². The van der Waals surface area contributed by atoms with E-state index in [1.807, 2.05) is 53.4 Å². The van der Waals surface area contributed by atoms with Crippen molar-refractivity contribution in [3.05, 3.63) is 69.8 Å². The molecule has 3 nitrogen and oxygen atoms in total. The van der Waals surface area contributed by atoms with Crippen molar-refractivity contribution in [3.63, 3.8) is 0 Å². The zero-order chi connectivity index (χ0) is 17.4. The van der Waals surface area contributed by atoms with Crippen molar-refractivity contribution in [1.82, 2.24) is 9.88 Å². The molecule has 1 fully saturated rings. The lowest BCUT2D eigenvalue weighted by Crippen LogP contribution is -2.38. The molecular weight excluding hydrogens is 355 g/mol. The maximum Gasteiger partial charge on any atom is 0.270 e. The van der Waals surface area contributed by atoms with Gasteiger partial charge in [0.2, 0.25) is 0 Å². The van der Waals surface area contributed by atoms with Gasteiger partial charge in [-0.05, 0) is 48.6 Å². The molecule has 2 aromatic carbocycles. The third kappa shape index (κ3) is 3.14. The number of amides is 1. The Hall–Kier alpha value is -1.97. The fourth-order valence-electron chi connectivity index (χ4n) is 3.63. The summed E-state index contributed by atoms with van der Waals surface area (Å²) in [5.74, 6) is 0.355. The van der Waals surface area contributed by atoms with Crippen LogP contribution in [0, 0.1) is 0 Å². The number of carbonyl (C=O) groups excluding carboxylic acids is 1. The summed E-state index contributed by atoms with van der Waals surface area (Å²) in [6.07, 6.45) is 1.74. The molecular formula is C20H18Cl2N2O. The van der Waals surface area contributed by atoms with Gasteiger partial charge >= 0.3 is 0 Å². The van der Waals surface area contributed by atoms with Crippen LogP contribution in [0.5, 0.6) is 0 Å². The van der Waals surface area contributed by atoms with Crippen molar-refractivity contribution in [2.24, 2.45) is 0 Å². The number of nitrogens with zero attached hydrogens (tertiary/aromatic N) is 1. The molecule has 1 saturated heterocycles. The Morgan fingerprint density at radius 2 is 1.68 bits per heavy atom. The van der Waals surface area contributed by atoms with Gasteiger partial charge in [0.05, 0.1) is 0 Å². The Labute approximate surface area is 156 Å². The van der Waals surface area contributed by atoms with E-state index < -0.39 is 0 Å². The quantitative estimate of drug-likeness (QED) is 0.633. The Balaban J connectivity index is 1.49. The highest BCUT2D eigenvalue weighted by Gasteiger charge is 2.27. The molecule has 0 unspecified atom stereocenters. The highest BCUT2D eigenvalue weighted by Crippen LogP contribution is 2.37. The topological polar surface area (TPSA) is 36.1 Å². The molecule has 0 atom stereocenters. The number of halogens is 2. The van der Waals surface area contributed by atoms with E-state index in [2.05, 4.69) is 4.98 Å². The predicted molar refractivity (Wildman–Crippen MR) is 103 cm³/mol. The summed E-state index contributed by atoms with van der Waals surface area (Å²) < 4.78 is 0. The molecule has 0 spiro atoms. The van der Waals surface area contributed by atoms with Gasteiger partial charge in [-0.1, -0.05) is 47.5 Å². The van der Waals surface area contributed by atoms with Crippen LogP contribution in [0.2, 0.25) is 10.0 Å². The van der Waals surface area contributed by atoms with E-state index in [0.717, 1.165) is 29.3 Å². The Morgan fingerprint density at radius 3 is 2.36 bits per heavy atom. The highest BCUT2D eigenvalue weighted by atomic mass is 35.5. The second-order valence-electron chi connectivity index (χ2n) is 6.47. The predicted octanol–water partition coefficient (Wildman–Crippen LogP) is 5.49. The standard InChI is InChI=1S/C20H18Cl2N2O/c21-15-5-3-6-16(22)19(15)13-8-10-24(11-9-13)20(25)18-12-14-4-1-2-7-17(14)23-18/h1-7,12-13,23H,8-11H2.